The number of halogens is 1. The molecule has 1 saturated heterocycles. The summed E-state index contributed by atoms with van der Waals surface area (Å²) < 4.78 is 10.2. The maximum absolute atomic E-state index is 5.47. The second kappa shape index (κ2) is 2.67. The van der Waals surface area contributed by atoms with Gasteiger partial charge in [0.25, 0.3) is 0 Å². The van der Waals surface area contributed by atoms with E-state index in [0.717, 1.165) is 0 Å². The van der Waals surface area contributed by atoms with E-state index in [1.807, 2.05) is 6.92 Å². The van der Waals surface area contributed by atoms with E-state index in [2.05, 4.69) is 0 Å². The molecule has 1 aliphatic heterocycles. The quantitative estimate of drug-likeness (QED) is 0.501. The van der Waals surface area contributed by atoms with E-state index in [1.165, 1.54) is 0 Å². The minimum Gasteiger partial charge on any atom is -0.350 e. The van der Waals surface area contributed by atoms with E-state index in [-0.39, 0.29) is 12.4 Å². The van der Waals surface area contributed by atoms with Gasteiger partial charge in [0.1, 0.15) is 0 Å². The first-order valence-corrected chi connectivity index (χ1v) is 3.19. The van der Waals surface area contributed by atoms with E-state index in [1.54, 1.807) is 0 Å². The molecule has 0 spiro atoms. The van der Waals surface area contributed by atoms with Crippen molar-refractivity contribution in [3.8, 4) is 0 Å². The molecule has 0 aromatic rings. The first-order chi connectivity index (χ1) is 3.83. The minimum absolute atomic E-state index is 0.0567. The Morgan fingerprint density at radius 2 is 2.50 bits per heavy atom. The first-order valence-electron chi connectivity index (χ1n) is 2.66. The normalized spacial score (nSPS) is 38.2. The van der Waals surface area contributed by atoms with Crippen LogP contribution in [0.4, 0.5) is 0 Å². The lowest BCUT2D eigenvalue weighted by atomic mass is 10.4. The third kappa shape index (κ3) is 1.34. The van der Waals surface area contributed by atoms with Crippen molar-refractivity contribution >= 4 is 11.6 Å². The summed E-state index contributed by atoms with van der Waals surface area (Å²) in [4.78, 5) is 0. The van der Waals surface area contributed by atoms with E-state index in [0.29, 0.717) is 12.5 Å². The van der Waals surface area contributed by atoms with E-state index in [9.17, 15) is 0 Å². The fraction of sp³-hybridized carbons (Fsp3) is 1.00. The average Bonchev–Trinajstić information content (AvgIpc) is 2.14. The Bertz CT molecular complexity index is 76.8. The minimum atomic E-state index is -0.0567. The third-order valence-electron chi connectivity index (χ3n) is 1.07. The molecule has 0 amide bonds. The smallest absolute Gasteiger partial charge is 0.155 e. The van der Waals surface area contributed by atoms with Gasteiger partial charge in [-0.05, 0) is 6.92 Å². The van der Waals surface area contributed by atoms with Gasteiger partial charge in [-0.25, -0.2) is 0 Å². The fourth-order valence-corrected chi connectivity index (χ4v) is 0.835. The Hall–Kier alpha value is 0.210. The second-order valence-electron chi connectivity index (χ2n) is 1.81. The number of alkyl halides is 1. The Morgan fingerprint density at radius 3 is 2.75 bits per heavy atom. The predicted molar refractivity (Wildman–Crippen MR) is 31.0 cm³/mol. The van der Waals surface area contributed by atoms with Gasteiger partial charge in [-0.2, -0.15) is 0 Å². The predicted octanol–water partition coefficient (Wildman–Crippen LogP) is 0.987. The molecule has 0 aromatic carbocycles. The molecule has 1 aliphatic rings. The summed E-state index contributed by atoms with van der Waals surface area (Å²) in [5.41, 5.74) is 0. The zero-order chi connectivity index (χ0) is 5.98. The van der Waals surface area contributed by atoms with Crippen molar-refractivity contribution in [2.45, 2.75) is 19.3 Å². The summed E-state index contributed by atoms with van der Waals surface area (Å²) in [5, 5.41) is 0. The molecule has 1 fully saturated rings. The molecule has 1 heterocycles. The molecule has 0 aliphatic carbocycles. The summed E-state index contributed by atoms with van der Waals surface area (Å²) >= 11 is 5.47. The first kappa shape index (κ1) is 6.33. The van der Waals surface area contributed by atoms with Crippen molar-refractivity contribution in [1.29, 1.82) is 0 Å². The SMILES string of the molecule is C[C@H]1OC[C@H](CCl)O1. The maximum Gasteiger partial charge on any atom is 0.155 e. The second-order valence-corrected chi connectivity index (χ2v) is 2.12. The van der Waals surface area contributed by atoms with Gasteiger partial charge in [0.15, 0.2) is 6.29 Å². The Morgan fingerprint density at radius 1 is 1.75 bits per heavy atom. The van der Waals surface area contributed by atoms with Crippen molar-refractivity contribution < 1.29 is 9.47 Å². The Kier molecular flexibility index (Phi) is 2.11. The molecule has 0 unspecified atom stereocenters. The number of hydrogen-bond donors (Lipinski definition) is 0. The summed E-state index contributed by atoms with van der Waals surface area (Å²) in [6.07, 6.45) is 0.0606. The summed E-state index contributed by atoms with van der Waals surface area (Å²) in [6, 6.07) is 0. The summed E-state index contributed by atoms with van der Waals surface area (Å²) in [7, 11) is 0. The molecule has 3 heteroatoms. The van der Waals surface area contributed by atoms with Crippen molar-refractivity contribution in [3.05, 3.63) is 0 Å². The van der Waals surface area contributed by atoms with Crippen molar-refractivity contribution in [3.63, 3.8) is 0 Å². The van der Waals surface area contributed by atoms with Crippen LogP contribution in [0.3, 0.4) is 0 Å². The van der Waals surface area contributed by atoms with Gasteiger partial charge in [-0.1, -0.05) is 0 Å². The molecule has 0 aromatic heterocycles. The molecule has 48 valence electrons. The van der Waals surface area contributed by atoms with E-state index in [4.69, 9.17) is 21.1 Å². The van der Waals surface area contributed by atoms with Gasteiger partial charge in [-0.15, -0.1) is 11.6 Å². The van der Waals surface area contributed by atoms with Crippen molar-refractivity contribution in [2.24, 2.45) is 0 Å². The highest BCUT2D eigenvalue weighted by molar-refractivity contribution is 6.18. The molecule has 2 nitrogen and oxygen atoms in total. The lowest BCUT2D eigenvalue weighted by Crippen LogP contribution is -2.11. The highest BCUT2D eigenvalue weighted by atomic mass is 35.5. The summed E-state index contributed by atoms with van der Waals surface area (Å²) in [5.74, 6) is 0.532. The van der Waals surface area contributed by atoms with Crippen LogP contribution in [0.2, 0.25) is 0 Å². The van der Waals surface area contributed by atoms with Crippen LogP contribution in [0.25, 0.3) is 0 Å². The molecule has 2 atom stereocenters. The van der Waals surface area contributed by atoms with E-state index >= 15 is 0 Å². The monoisotopic (exact) mass is 136 g/mol. The van der Waals surface area contributed by atoms with Gasteiger partial charge in [0, 0.05) is 0 Å². The van der Waals surface area contributed by atoms with Crippen LogP contribution in [0, 0.1) is 0 Å². The van der Waals surface area contributed by atoms with Crippen LogP contribution < -0.4 is 0 Å². The van der Waals surface area contributed by atoms with Crippen LogP contribution >= 0.6 is 11.6 Å². The van der Waals surface area contributed by atoms with Crippen LogP contribution in [-0.4, -0.2) is 24.9 Å². The number of rotatable bonds is 1. The molecule has 0 radical (unpaired) electrons. The lowest BCUT2D eigenvalue weighted by Gasteiger charge is -2.01. The highest BCUT2D eigenvalue weighted by Gasteiger charge is 2.20. The van der Waals surface area contributed by atoms with Crippen molar-refractivity contribution in [2.75, 3.05) is 12.5 Å². The zero-order valence-corrected chi connectivity index (χ0v) is 5.52. The summed E-state index contributed by atoms with van der Waals surface area (Å²) in [6.45, 7) is 2.51. The topological polar surface area (TPSA) is 18.5 Å². The molecule has 0 N–H and O–H groups in total. The van der Waals surface area contributed by atoms with Gasteiger partial charge in [0.2, 0.25) is 0 Å². The van der Waals surface area contributed by atoms with Crippen LogP contribution in [0.15, 0.2) is 0 Å². The van der Waals surface area contributed by atoms with Crippen LogP contribution in [0.1, 0.15) is 6.92 Å². The molecule has 8 heavy (non-hydrogen) atoms. The van der Waals surface area contributed by atoms with Gasteiger partial charge in [0.05, 0.1) is 18.6 Å². The fourth-order valence-electron chi connectivity index (χ4n) is 0.673. The molecule has 0 bridgehead atoms. The van der Waals surface area contributed by atoms with Crippen LogP contribution in [0.5, 0.6) is 0 Å². The van der Waals surface area contributed by atoms with Gasteiger partial charge in [-0.3, -0.25) is 0 Å². The molecular weight excluding hydrogens is 128 g/mol. The van der Waals surface area contributed by atoms with E-state index < -0.39 is 0 Å². The standard InChI is InChI=1S/C5H9ClO2/c1-4-7-3-5(2-6)8-4/h4-5H,2-3H2,1H3/t4-,5-/m0/s1. The Labute approximate surface area is 53.7 Å². The molecule has 1 rings (SSSR count). The van der Waals surface area contributed by atoms with Gasteiger partial charge >= 0.3 is 0 Å². The largest absolute Gasteiger partial charge is 0.350 e. The number of hydrogen-bond acceptors (Lipinski definition) is 2. The van der Waals surface area contributed by atoms with Gasteiger partial charge < -0.3 is 9.47 Å². The molecular formula is C5H9ClO2. The average molecular weight is 137 g/mol. The highest BCUT2D eigenvalue weighted by Crippen LogP contribution is 2.10. The Balaban J connectivity index is 2.22. The molecule has 0 saturated carbocycles. The zero-order valence-electron chi connectivity index (χ0n) is 4.76. The lowest BCUT2D eigenvalue weighted by molar-refractivity contribution is -0.0384. The number of ether oxygens (including phenoxy) is 2. The third-order valence-corrected chi connectivity index (χ3v) is 1.42. The maximum atomic E-state index is 5.47. The van der Waals surface area contributed by atoms with Crippen LogP contribution in [-0.2, 0) is 9.47 Å². The van der Waals surface area contributed by atoms with Crippen molar-refractivity contribution in [1.82, 2.24) is 0 Å².